The zero-order chi connectivity index (χ0) is 23.5. The van der Waals surface area contributed by atoms with Crippen molar-refractivity contribution < 1.29 is 0 Å². The molecule has 2 aromatic carbocycles. The van der Waals surface area contributed by atoms with Gasteiger partial charge in [-0.2, -0.15) is 0 Å². The predicted octanol–water partition coefficient (Wildman–Crippen LogP) is 6.16. The second kappa shape index (κ2) is 12.3. The summed E-state index contributed by atoms with van der Waals surface area (Å²) in [5.41, 5.74) is 4.27. The summed E-state index contributed by atoms with van der Waals surface area (Å²) >= 11 is 6.31. The third-order valence-corrected chi connectivity index (χ3v) is 9.18. The summed E-state index contributed by atoms with van der Waals surface area (Å²) in [7, 11) is 0. The van der Waals surface area contributed by atoms with Gasteiger partial charge in [0.1, 0.15) is 17.1 Å². The summed E-state index contributed by atoms with van der Waals surface area (Å²) in [5, 5.41) is 13.4. The van der Waals surface area contributed by atoms with Crippen LogP contribution >= 0.6 is 24.4 Å². The Hall–Kier alpha value is -3.00. The van der Waals surface area contributed by atoms with Crippen LogP contribution in [0.3, 0.4) is 0 Å². The fourth-order valence-corrected chi connectivity index (χ4v) is 7.18. The SMILES string of the molecule is [CH3][Sn]([CH3])([N]=C=S)[N]=C=S.c1ccc(-c2nnc(-c3ccccn3)nc2-c2ccccc2)cc1. The Balaban J connectivity index is 0.000000292. The van der Waals surface area contributed by atoms with Gasteiger partial charge in [-0.3, -0.25) is 4.98 Å². The minimum absolute atomic E-state index is 0.522. The topological polar surface area (TPSA) is 76.3 Å². The second-order valence-electron chi connectivity index (χ2n) is 7.18. The first-order valence-electron chi connectivity index (χ1n) is 9.99. The van der Waals surface area contributed by atoms with Crippen LogP contribution in [0.25, 0.3) is 34.0 Å². The van der Waals surface area contributed by atoms with Gasteiger partial charge in [0.05, 0.1) is 0 Å². The van der Waals surface area contributed by atoms with Crippen molar-refractivity contribution in [2.24, 2.45) is 6.43 Å². The van der Waals surface area contributed by atoms with Crippen molar-refractivity contribution in [2.75, 3.05) is 0 Å². The van der Waals surface area contributed by atoms with Crippen molar-refractivity contribution in [2.45, 2.75) is 9.88 Å². The molecule has 2 heterocycles. The molecular weight excluding hydrogens is 555 g/mol. The second-order valence-corrected chi connectivity index (χ2v) is 17.4. The summed E-state index contributed by atoms with van der Waals surface area (Å²) < 4.78 is 7.85. The van der Waals surface area contributed by atoms with Gasteiger partial charge in [0.2, 0.25) is 5.82 Å². The normalized spacial score (nSPS) is 10.1. The Kier molecular flexibility index (Phi) is 9.18. The molecule has 4 aromatic rings. The average Bonchev–Trinajstić information content (AvgIpc) is 2.86. The fraction of sp³-hybridized carbons (Fsp3) is 0.0833. The van der Waals surface area contributed by atoms with Gasteiger partial charge in [0.25, 0.3) is 0 Å². The first-order chi connectivity index (χ1) is 16.0. The van der Waals surface area contributed by atoms with Crippen molar-refractivity contribution in [1.82, 2.24) is 20.2 Å². The van der Waals surface area contributed by atoms with E-state index >= 15 is 0 Å². The number of pyridine rings is 1. The zero-order valence-electron chi connectivity index (χ0n) is 18.1. The molecule has 6 nitrogen and oxygen atoms in total. The summed E-state index contributed by atoms with van der Waals surface area (Å²) in [6.45, 7) is 0. The summed E-state index contributed by atoms with van der Waals surface area (Å²) in [5.74, 6) is 0.522. The van der Waals surface area contributed by atoms with E-state index in [1.807, 2.05) is 88.7 Å². The van der Waals surface area contributed by atoms with Crippen molar-refractivity contribution in [3.8, 4) is 34.0 Å². The van der Waals surface area contributed by atoms with Crippen LogP contribution in [0.5, 0.6) is 0 Å². The molecule has 0 bridgehead atoms. The third kappa shape index (κ3) is 7.25. The van der Waals surface area contributed by atoms with Gasteiger partial charge < -0.3 is 0 Å². The molecule has 0 amide bonds. The van der Waals surface area contributed by atoms with Gasteiger partial charge in [0.15, 0.2) is 0 Å². The van der Waals surface area contributed by atoms with E-state index in [2.05, 4.69) is 56.4 Å². The molecule has 0 radical (unpaired) electrons. The van der Waals surface area contributed by atoms with E-state index in [-0.39, 0.29) is 0 Å². The van der Waals surface area contributed by atoms with Gasteiger partial charge in [-0.1, -0.05) is 66.7 Å². The van der Waals surface area contributed by atoms with Gasteiger partial charge in [0, 0.05) is 17.3 Å². The molecular formula is C24H20N6S2Sn. The molecule has 2 aromatic heterocycles. The minimum Gasteiger partial charge on any atom is -0.253 e. The number of isothiocyanates is 2. The number of rotatable bonds is 5. The Bertz CT molecular complexity index is 1270. The number of hydrogen-bond donors (Lipinski definition) is 0. The standard InChI is InChI=1S/C20H14N4.2CNS.2CH3.Sn/c1-3-9-15(10-4-1)18-19(16-11-5-2-6-12-16)23-24-20(22-18)17-13-7-8-14-21-17;2*2-1-3;;;/h1-14H;;;2*1H3;/q;2*-1;;;+2. The Morgan fingerprint density at radius 2 is 1.24 bits per heavy atom. The number of thiocarbonyl (C=S) groups is 2. The summed E-state index contributed by atoms with van der Waals surface area (Å²) in [6, 6.07) is 25.7. The molecule has 0 N–H and O–H groups in total. The van der Waals surface area contributed by atoms with Crippen LogP contribution in [0.2, 0.25) is 9.88 Å². The van der Waals surface area contributed by atoms with Crippen LogP contribution < -0.4 is 0 Å². The van der Waals surface area contributed by atoms with Gasteiger partial charge in [-0.15, -0.1) is 10.2 Å². The smallest absolute Gasteiger partial charge is 0.201 e. The van der Waals surface area contributed by atoms with Crippen molar-refractivity contribution >= 4 is 53.7 Å². The van der Waals surface area contributed by atoms with Gasteiger partial charge in [-0.25, -0.2) is 4.98 Å². The van der Waals surface area contributed by atoms with Crippen LogP contribution in [-0.4, -0.2) is 49.4 Å². The summed E-state index contributed by atoms with van der Waals surface area (Å²) in [4.78, 5) is 13.0. The molecule has 0 unspecified atom stereocenters. The maximum atomic E-state index is 4.75. The van der Waals surface area contributed by atoms with Gasteiger partial charge >= 0.3 is 70.0 Å². The average molecular weight is 575 g/mol. The van der Waals surface area contributed by atoms with Crippen LogP contribution in [0.4, 0.5) is 0 Å². The molecule has 33 heavy (non-hydrogen) atoms. The third-order valence-electron chi connectivity index (χ3n) is 4.31. The van der Waals surface area contributed by atoms with Crippen LogP contribution in [0, 0.1) is 0 Å². The van der Waals surface area contributed by atoms with E-state index in [1.165, 1.54) is 0 Å². The van der Waals surface area contributed by atoms with Crippen LogP contribution in [0.15, 0.2) is 91.5 Å². The first-order valence-corrected chi connectivity index (χ1v) is 19.1. The van der Waals surface area contributed by atoms with Crippen LogP contribution in [0.1, 0.15) is 0 Å². The number of benzene rings is 2. The molecule has 162 valence electrons. The Morgan fingerprint density at radius 3 is 1.76 bits per heavy atom. The molecule has 0 fully saturated rings. The maximum absolute atomic E-state index is 4.75. The minimum atomic E-state index is -2.55. The van der Waals surface area contributed by atoms with Crippen molar-refractivity contribution in [3.63, 3.8) is 0 Å². The number of hydrogen-bond acceptors (Lipinski definition) is 8. The van der Waals surface area contributed by atoms with E-state index in [4.69, 9.17) is 4.98 Å². The van der Waals surface area contributed by atoms with Gasteiger partial charge in [-0.05, 0) is 12.1 Å². The quantitative estimate of drug-likeness (QED) is 0.161. The molecule has 0 atom stereocenters. The first kappa shape index (κ1) is 24.6. The number of aromatic nitrogens is 4. The molecule has 0 aliphatic rings. The molecule has 0 aliphatic heterocycles. The molecule has 0 spiro atoms. The molecule has 0 saturated carbocycles. The van der Waals surface area contributed by atoms with Crippen LogP contribution in [-0.2, 0) is 0 Å². The zero-order valence-corrected chi connectivity index (χ0v) is 22.6. The number of nitrogens with zero attached hydrogens (tertiary/aromatic N) is 6. The predicted molar refractivity (Wildman–Crippen MR) is 141 cm³/mol. The summed E-state index contributed by atoms with van der Waals surface area (Å²) in [6.07, 6.45) is 1.73. The van der Waals surface area contributed by atoms with E-state index in [0.29, 0.717) is 11.5 Å². The van der Waals surface area contributed by atoms with E-state index in [9.17, 15) is 0 Å². The molecule has 0 aliphatic carbocycles. The monoisotopic (exact) mass is 576 g/mol. The Morgan fingerprint density at radius 1 is 0.697 bits per heavy atom. The van der Waals surface area contributed by atoms with E-state index < -0.39 is 18.9 Å². The molecule has 9 heteroatoms. The van der Waals surface area contributed by atoms with E-state index in [0.717, 1.165) is 22.5 Å². The largest absolute Gasteiger partial charge is 0.253 e. The fourth-order valence-electron chi connectivity index (χ4n) is 2.77. The van der Waals surface area contributed by atoms with Crippen molar-refractivity contribution in [1.29, 1.82) is 0 Å². The van der Waals surface area contributed by atoms with Crippen molar-refractivity contribution in [3.05, 3.63) is 85.1 Å². The Labute approximate surface area is 208 Å². The molecule has 4 rings (SSSR count). The van der Waals surface area contributed by atoms with E-state index in [1.54, 1.807) is 6.20 Å². The molecule has 0 saturated heterocycles. The maximum Gasteiger partial charge on any atom is 0.201 e.